The summed E-state index contributed by atoms with van der Waals surface area (Å²) in [7, 11) is 0. The molecule has 0 aromatic heterocycles. The Morgan fingerprint density at radius 2 is 1.72 bits per heavy atom. The highest BCUT2D eigenvalue weighted by atomic mass is 16.6. The fourth-order valence-corrected chi connectivity index (χ4v) is 2.13. The molecule has 1 fully saturated rings. The van der Waals surface area contributed by atoms with Crippen molar-refractivity contribution in [3.63, 3.8) is 0 Å². The lowest BCUT2D eigenvalue weighted by Crippen LogP contribution is -2.64. The van der Waals surface area contributed by atoms with Crippen LogP contribution in [-0.4, -0.2) is 56.7 Å². The van der Waals surface area contributed by atoms with Gasteiger partial charge in [0.15, 0.2) is 11.9 Å². The molecule has 18 heavy (non-hydrogen) atoms. The smallest absolute Gasteiger partial charge is 0.191 e. The second kappa shape index (κ2) is 4.93. The van der Waals surface area contributed by atoms with Crippen LogP contribution in [0.25, 0.3) is 0 Å². The van der Waals surface area contributed by atoms with Crippen LogP contribution in [0.15, 0.2) is 30.3 Å². The Morgan fingerprint density at radius 1 is 1.11 bits per heavy atom. The minimum atomic E-state index is -2.13. The van der Waals surface area contributed by atoms with Gasteiger partial charge in [0.2, 0.25) is 0 Å². The van der Waals surface area contributed by atoms with Gasteiger partial charge in [-0.2, -0.15) is 0 Å². The van der Waals surface area contributed by atoms with Gasteiger partial charge in [-0.05, 0) is 5.56 Å². The van der Waals surface area contributed by atoms with Gasteiger partial charge in [0.05, 0.1) is 6.61 Å². The van der Waals surface area contributed by atoms with Gasteiger partial charge in [-0.3, -0.25) is 0 Å². The van der Waals surface area contributed by atoms with Gasteiger partial charge in [-0.25, -0.2) is 0 Å². The van der Waals surface area contributed by atoms with Crippen molar-refractivity contribution in [2.24, 2.45) is 0 Å². The number of hydrogen-bond donors (Lipinski definition) is 5. The quantitative estimate of drug-likeness (QED) is 0.431. The highest BCUT2D eigenvalue weighted by Crippen LogP contribution is 2.36. The third-order valence-corrected chi connectivity index (χ3v) is 3.25. The molecule has 1 saturated heterocycles. The largest absolute Gasteiger partial charge is 0.394 e. The molecule has 2 rings (SSSR count). The van der Waals surface area contributed by atoms with Crippen LogP contribution in [0.2, 0.25) is 0 Å². The molecule has 5 atom stereocenters. The van der Waals surface area contributed by atoms with E-state index in [4.69, 9.17) is 9.84 Å². The summed E-state index contributed by atoms with van der Waals surface area (Å²) in [6.07, 6.45) is -6.04. The normalized spacial score (nSPS) is 40.7. The first kappa shape index (κ1) is 13.4. The molecule has 5 N–H and O–H groups in total. The van der Waals surface area contributed by atoms with E-state index in [0.717, 1.165) is 0 Å². The summed E-state index contributed by atoms with van der Waals surface area (Å²) in [6, 6.07) is 7.96. The molecule has 6 heteroatoms. The lowest BCUT2D eigenvalue weighted by atomic mass is 9.81. The molecule has 1 aromatic rings. The summed E-state index contributed by atoms with van der Waals surface area (Å²) in [4.78, 5) is 0. The van der Waals surface area contributed by atoms with Gasteiger partial charge in [0.25, 0.3) is 0 Å². The van der Waals surface area contributed by atoms with E-state index in [9.17, 15) is 20.4 Å². The number of ether oxygens (including phenoxy) is 1. The number of aliphatic hydroxyl groups is 5. The second-order valence-electron chi connectivity index (χ2n) is 4.34. The van der Waals surface area contributed by atoms with Crippen molar-refractivity contribution in [2.45, 2.75) is 30.2 Å². The molecule has 6 nitrogen and oxygen atoms in total. The Labute approximate surface area is 104 Å². The van der Waals surface area contributed by atoms with Gasteiger partial charge in [0, 0.05) is 0 Å². The Balaban J connectivity index is 2.37. The molecule has 1 aliphatic rings. The van der Waals surface area contributed by atoms with Crippen molar-refractivity contribution in [1.82, 2.24) is 0 Å². The van der Waals surface area contributed by atoms with Crippen molar-refractivity contribution >= 4 is 0 Å². The van der Waals surface area contributed by atoms with Gasteiger partial charge in [-0.15, -0.1) is 0 Å². The molecular weight excluding hydrogens is 240 g/mol. The SMILES string of the molecule is OC[C@H]1OC(O)[C@@](O)(c2ccccc2)[C@@H](O)[C@@H]1O. The molecular formula is C12H16O6. The minimum absolute atomic E-state index is 0.223. The monoisotopic (exact) mass is 256 g/mol. The average molecular weight is 256 g/mol. The van der Waals surface area contributed by atoms with Crippen LogP contribution in [-0.2, 0) is 10.3 Å². The molecule has 0 radical (unpaired) electrons. The molecule has 0 aliphatic carbocycles. The first-order chi connectivity index (χ1) is 8.51. The zero-order valence-electron chi connectivity index (χ0n) is 9.55. The molecule has 0 amide bonds. The lowest BCUT2D eigenvalue weighted by Gasteiger charge is -2.46. The number of benzene rings is 1. The first-order valence-electron chi connectivity index (χ1n) is 5.60. The van der Waals surface area contributed by atoms with Crippen LogP contribution in [0.1, 0.15) is 5.56 Å². The third-order valence-electron chi connectivity index (χ3n) is 3.25. The Hall–Kier alpha value is -1.02. The van der Waals surface area contributed by atoms with E-state index in [1.807, 2.05) is 0 Å². The van der Waals surface area contributed by atoms with Crippen molar-refractivity contribution < 1.29 is 30.3 Å². The van der Waals surface area contributed by atoms with E-state index in [1.165, 1.54) is 12.1 Å². The van der Waals surface area contributed by atoms with E-state index in [1.54, 1.807) is 18.2 Å². The van der Waals surface area contributed by atoms with Crippen LogP contribution in [0, 0.1) is 0 Å². The molecule has 1 heterocycles. The lowest BCUT2D eigenvalue weighted by molar-refractivity contribution is -0.335. The van der Waals surface area contributed by atoms with Crippen molar-refractivity contribution in [3.05, 3.63) is 35.9 Å². The third kappa shape index (κ3) is 1.93. The summed E-state index contributed by atoms with van der Waals surface area (Å²) in [5.74, 6) is 0. The van der Waals surface area contributed by atoms with Crippen molar-refractivity contribution in [1.29, 1.82) is 0 Å². The standard InChI is InChI=1S/C12H16O6/c13-6-8-9(14)10(15)12(17,11(16)18-8)7-4-2-1-3-5-7/h1-5,8-11,13-17H,6H2/t8-,9-,10+,11?,12-/m1/s1. The topological polar surface area (TPSA) is 110 Å². The maximum Gasteiger partial charge on any atom is 0.191 e. The fourth-order valence-electron chi connectivity index (χ4n) is 2.13. The number of hydrogen-bond acceptors (Lipinski definition) is 6. The molecule has 1 aromatic carbocycles. The fraction of sp³-hybridized carbons (Fsp3) is 0.500. The summed E-state index contributed by atoms with van der Waals surface area (Å²) in [6.45, 7) is -0.569. The molecule has 1 aliphatic heterocycles. The summed E-state index contributed by atoms with van der Waals surface area (Å²) < 4.78 is 4.93. The van der Waals surface area contributed by atoms with E-state index >= 15 is 0 Å². The average Bonchev–Trinajstić information content (AvgIpc) is 2.41. The van der Waals surface area contributed by atoms with E-state index in [2.05, 4.69) is 0 Å². The Kier molecular flexibility index (Phi) is 3.67. The van der Waals surface area contributed by atoms with Crippen LogP contribution in [0.5, 0.6) is 0 Å². The van der Waals surface area contributed by atoms with Gasteiger partial charge >= 0.3 is 0 Å². The van der Waals surface area contributed by atoms with Gasteiger partial charge < -0.3 is 30.3 Å². The predicted molar refractivity (Wildman–Crippen MR) is 60.3 cm³/mol. The molecule has 1 unspecified atom stereocenters. The molecule has 0 bridgehead atoms. The van der Waals surface area contributed by atoms with E-state index in [0.29, 0.717) is 0 Å². The summed E-state index contributed by atoms with van der Waals surface area (Å²) in [5, 5.41) is 48.9. The van der Waals surface area contributed by atoms with Crippen molar-refractivity contribution in [3.8, 4) is 0 Å². The molecule has 100 valence electrons. The number of aliphatic hydroxyl groups excluding tert-OH is 4. The second-order valence-corrected chi connectivity index (χ2v) is 4.34. The molecule has 0 saturated carbocycles. The van der Waals surface area contributed by atoms with E-state index in [-0.39, 0.29) is 5.56 Å². The minimum Gasteiger partial charge on any atom is -0.394 e. The summed E-state index contributed by atoms with van der Waals surface area (Å²) in [5.41, 5.74) is -1.91. The number of rotatable bonds is 2. The van der Waals surface area contributed by atoms with Crippen LogP contribution < -0.4 is 0 Å². The molecule has 0 spiro atoms. The highest BCUT2D eigenvalue weighted by molar-refractivity contribution is 5.26. The van der Waals surface area contributed by atoms with Crippen LogP contribution in [0.3, 0.4) is 0 Å². The Bertz CT molecular complexity index is 397. The van der Waals surface area contributed by atoms with Crippen LogP contribution >= 0.6 is 0 Å². The van der Waals surface area contributed by atoms with E-state index < -0.39 is 36.8 Å². The summed E-state index contributed by atoms with van der Waals surface area (Å²) >= 11 is 0. The Morgan fingerprint density at radius 3 is 2.28 bits per heavy atom. The van der Waals surface area contributed by atoms with Gasteiger partial charge in [0.1, 0.15) is 18.3 Å². The highest BCUT2D eigenvalue weighted by Gasteiger charge is 2.55. The zero-order chi connectivity index (χ0) is 13.3. The maximum absolute atomic E-state index is 10.4. The van der Waals surface area contributed by atoms with Crippen LogP contribution in [0.4, 0.5) is 0 Å². The predicted octanol–water partition coefficient (Wildman–Crippen LogP) is -1.69. The van der Waals surface area contributed by atoms with Crippen molar-refractivity contribution in [2.75, 3.05) is 6.61 Å². The maximum atomic E-state index is 10.4. The van der Waals surface area contributed by atoms with Gasteiger partial charge in [-0.1, -0.05) is 30.3 Å². The first-order valence-corrected chi connectivity index (χ1v) is 5.60. The zero-order valence-corrected chi connectivity index (χ0v) is 9.55.